The summed E-state index contributed by atoms with van der Waals surface area (Å²) in [6, 6.07) is 21.2. The molecule has 0 spiro atoms. The number of fused-ring (bicyclic) bond motifs is 1. The molecule has 0 radical (unpaired) electrons. The molecule has 4 rings (SSSR count). The second kappa shape index (κ2) is 6.17. The van der Waals surface area contributed by atoms with E-state index in [9.17, 15) is 4.39 Å². The van der Waals surface area contributed by atoms with Gasteiger partial charge in [-0.1, -0.05) is 35.9 Å². The standard InChI is InChI=1S/C22H19FN2/c1-15-7-8-16(2)18(13-15)14-25-21-6-4-3-5-20(21)24-22(25)17-9-11-19(23)12-10-17/h3-13H,14H2,1-2H3. The number of halogens is 1. The highest BCUT2D eigenvalue weighted by molar-refractivity contribution is 5.80. The zero-order chi connectivity index (χ0) is 17.4. The molecule has 4 aromatic rings. The minimum absolute atomic E-state index is 0.235. The number of aryl methyl sites for hydroxylation is 2. The largest absolute Gasteiger partial charge is 0.319 e. The van der Waals surface area contributed by atoms with E-state index in [2.05, 4.69) is 42.7 Å². The third kappa shape index (κ3) is 2.93. The SMILES string of the molecule is Cc1ccc(C)c(Cn2c(-c3ccc(F)cc3)nc3ccccc32)c1. The number of hydrogen-bond donors (Lipinski definition) is 0. The lowest BCUT2D eigenvalue weighted by Crippen LogP contribution is -2.04. The maximum Gasteiger partial charge on any atom is 0.141 e. The maximum atomic E-state index is 13.3. The molecule has 0 aliphatic rings. The minimum atomic E-state index is -0.235. The molecule has 1 heterocycles. The zero-order valence-corrected chi connectivity index (χ0v) is 14.3. The smallest absolute Gasteiger partial charge is 0.141 e. The van der Waals surface area contributed by atoms with Gasteiger partial charge in [0.15, 0.2) is 0 Å². The fourth-order valence-electron chi connectivity index (χ4n) is 3.20. The molecular weight excluding hydrogens is 311 g/mol. The Morgan fingerprint density at radius 1 is 0.920 bits per heavy atom. The zero-order valence-electron chi connectivity index (χ0n) is 14.3. The molecule has 2 nitrogen and oxygen atoms in total. The van der Waals surface area contributed by atoms with Gasteiger partial charge < -0.3 is 4.57 Å². The topological polar surface area (TPSA) is 17.8 Å². The highest BCUT2D eigenvalue weighted by Crippen LogP contribution is 2.27. The van der Waals surface area contributed by atoms with Crippen LogP contribution >= 0.6 is 0 Å². The van der Waals surface area contributed by atoms with Crippen molar-refractivity contribution in [3.63, 3.8) is 0 Å². The summed E-state index contributed by atoms with van der Waals surface area (Å²) in [5.74, 6) is 0.628. The monoisotopic (exact) mass is 330 g/mol. The van der Waals surface area contributed by atoms with Gasteiger partial charge in [-0.3, -0.25) is 0 Å². The fourth-order valence-corrected chi connectivity index (χ4v) is 3.20. The summed E-state index contributed by atoms with van der Waals surface area (Å²) in [5, 5.41) is 0. The third-order valence-electron chi connectivity index (χ3n) is 4.59. The van der Waals surface area contributed by atoms with Gasteiger partial charge in [0, 0.05) is 12.1 Å². The van der Waals surface area contributed by atoms with Crippen molar-refractivity contribution < 1.29 is 4.39 Å². The van der Waals surface area contributed by atoms with Crippen molar-refractivity contribution in [3.05, 3.63) is 89.2 Å². The van der Waals surface area contributed by atoms with Crippen LogP contribution in [0.3, 0.4) is 0 Å². The van der Waals surface area contributed by atoms with Gasteiger partial charge in [0.05, 0.1) is 11.0 Å². The molecule has 0 bridgehead atoms. The number of rotatable bonds is 3. The highest BCUT2D eigenvalue weighted by Gasteiger charge is 2.13. The van der Waals surface area contributed by atoms with Crippen LogP contribution in [0.5, 0.6) is 0 Å². The van der Waals surface area contributed by atoms with E-state index in [0.717, 1.165) is 29.0 Å². The molecule has 0 amide bonds. The van der Waals surface area contributed by atoms with Crippen LogP contribution < -0.4 is 0 Å². The van der Waals surface area contributed by atoms with Crippen LogP contribution in [-0.4, -0.2) is 9.55 Å². The molecule has 0 saturated heterocycles. The normalized spacial score (nSPS) is 11.2. The van der Waals surface area contributed by atoms with E-state index < -0.39 is 0 Å². The number of imidazole rings is 1. The first kappa shape index (κ1) is 15.6. The molecular formula is C22H19FN2. The van der Waals surface area contributed by atoms with Crippen LogP contribution in [0.1, 0.15) is 16.7 Å². The number of benzene rings is 3. The van der Waals surface area contributed by atoms with Gasteiger partial charge in [0.1, 0.15) is 11.6 Å². The molecule has 124 valence electrons. The van der Waals surface area contributed by atoms with E-state index >= 15 is 0 Å². The van der Waals surface area contributed by atoms with E-state index in [-0.39, 0.29) is 5.82 Å². The van der Waals surface area contributed by atoms with Crippen LogP contribution in [-0.2, 0) is 6.54 Å². The van der Waals surface area contributed by atoms with Crippen molar-refractivity contribution in [2.75, 3.05) is 0 Å². The Labute approximate surface area is 146 Å². The Kier molecular flexibility index (Phi) is 3.85. The molecule has 3 aromatic carbocycles. The van der Waals surface area contributed by atoms with Crippen LogP contribution in [0, 0.1) is 19.7 Å². The van der Waals surface area contributed by atoms with Gasteiger partial charge >= 0.3 is 0 Å². The summed E-state index contributed by atoms with van der Waals surface area (Å²) in [6.07, 6.45) is 0. The molecule has 0 aliphatic carbocycles. The summed E-state index contributed by atoms with van der Waals surface area (Å²) in [5.41, 5.74) is 6.73. The van der Waals surface area contributed by atoms with Crippen molar-refractivity contribution >= 4 is 11.0 Å². The lowest BCUT2D eigenvalue weighted by atomic mass is 10.1. The fraction of sp³-hybridized carbons (Fsp3) is 0.136. The minimum Gasteiger partial charge on any atom is -0.319 e. The Morgan fingerprint density at radius 2 is 1.68 bits per heavy atom. The van der Waals surface area contributed by atoms with Gasteiger partial charge in [-0.2, -0.15) is 0 Å². The van der Waals surface area contributed by atoms with E-state index in [1.807, 2.05) is 18.2 Å². The summed E-state index contributed by atoms with van der Waals surface area (Å²) in [4.78, 5) is 4.80. The predicted molar refractivity (Wildman–Crippen MR) is 100 cm³/mol. The van der Waals surface area contributed by atoms with Gasteiger partial charge in [-0.15, -0.1) is 0 Å². The lowest BCUT2D eigenvalue weighted by Gasteiger charge is -2.12. The van der Waals surface area contributed by atoms with Gasteiger partial charge in [0.2, 0.25) is 0 Å². The summed E-state index contributed by atoms with van der Waals surface area (Å²) >= 11 is 0. The van der Waals surface area contributed by atoms with Crippen molar-refractivity contribution in [1.29, 1.82) is 0 Å². The maximum absolute atomic E-state index is 13.3. The lowest BCUT2D eigenvalue weighted by molar-refractivity contribution is 0.628. The molecule has 0 atom stereocenters. The van der Waals surface area contributed by atoms with Crippen LogP contribution in [0.15, 0.2) is 66.7 Å². The van der Waals surface area contributed by atoms with E-state index in [0.29, 0.717) is 0 Å². The second-order valence-electron chi connectivity index (χ2n) is 6.45. The first-order chi connectivity index (χ1) is 12.1. The summed E-state index contributed by atoms with van der Waals surface area (Å²) in [6.45, 7) is 4.97. The molecule has 0 saturated carbocycles. The first-order valence-corrected chi connectivity index (χ1v) is 8.39. The third-order valence-corrected chi connectivity index (χ3v) is 4.59. The van der Waals surface area contributed by atoms with E-state index in [1.54, 1.807) is 12.1 Å². The summed E-state index contributed by atoms with van der Waals surface area (Å²) in [7, 11) is 0. The second-order valence-corrected chi connectivity index (χ2v) is 6.45. The Balaban J connectivity index is 1.90. The molecule has 0 aliphatic heterocycles. The van der Waals surface area contributed by atoms with Crippen LogP contribution in [0.4, 0.5) is 4.39 Å². The number of para-hydroxylation sites is 2. The number of aromatic nitrogens is 2. The molecule has 0 N–H and O–H groups in total. The van der Waals surface area contributed by atoms with E-state index in [1.165, 1.54) is 28.8 Å². The first-order valence-electron chi connectivity index (χ1n) is 8.39. The van der Waals surface area contributed by atoms with Crippen LogP contribution in [0.25, 0.3) is 22.4 Å². The molecule has 0 unspecified atom stereocenters. The van der Waals surface area contributed by atoms with Gasteiger partial charge in [-0.25, -0.2) is 9.37 Å². The van der Waals surface area contributed by atoms with Crippen molar-refractivity contribution in [3.8, 4) is 11.4 Å². The van der Waals surface area contributed by atoms with Crippen molar-refractivity contribution in [2.24, 2.45) is 0 Å². The molecule has 1 aromatic heterocycles. The Morgan fingerprint density at radius 3 is 2.48 bits per heavy atom. The van der Waals surface area contributed by atoms with Gasteiger partial charge in [-0.05, 0) is 61.4 Å². The van der Waals surface area contributed by atoms with Crippen LogP contribution in [0.2, 0.25) is 0 Å². The Hall–Kier alpha value is -2.94. The quantitative estimate of drug-likeness (QED) is 0.484. The average Bonchev–Trinajstić information content (AvgIpc) is 2.97. The number of hydrogen-bond acceptors (Lipinski definition) is 1. The van der Waals surface area contributed by atoms with Crippen molar-refractivity contribution in [2.45, 2.75) is 20.4 Å². The number of nitrogens with zero attached hydrogens (tertiary/aromatic N) is 2. The predicted octanol–water partition coefficient (Wildman–Crippen LogP) is 5.51. The Bertz CT molecular complexity index is 1050. The van der Waals surface area contributed by atoms with Crippen molar-refractivity contribution in [1.82, 2.24) is 9.55 Å². The van der Waals surface area contributed by atoms with Gasteiger partial charge in [0.25, 0.3) is 0 Å². The average molecular weight is 330 g/mol. The van der Waals surface area contributed by atoms with E-state index in [4.69, 9.17) is 4.98 Å². The summed E-state index contributed by atoms with van der Waals surface area (Å²) < 4.78 is 15.5. The highest BCUT2D eigenvalue weighted by atomic mass is 19.1. The molecule has 25 heavy (non-hydrogen) atoms. The molecule has 0 fully saturated rings. The molecule has 3 heteroatoms.